The van der Waals surface area contributed by atoms with Crippen LogP contribution in [0, 0.1) is 6.92 Å². The Balaban J connectivity index is 3.01. The number of benzene rings is 1. The lowest BCUT2D eigenvalue weighted by atomic mass is 10.2. The van der Waals surface area contributed by atoms with Crippen molar-refractivity contribution in [1.29, 1.82) is 0 Å². The third-order valence-electron chi connectivity index (χ3n) is 1.41. The van der Waals surface area contributed by atoms with E-state index in [1.165, 1.54) is 10.8 Å². The van der Waals surface area contributed by atoms with Gasteiger partial charge < -0.3 is 0 Å². The Kier molecular flexibility index (Phi) is 2.31. The monoisotopic (exact) mass is 156 g/mol. The molecule has 0 saturated carbocycles. The van der Waals surface area contributed by atoms with Crippen molar-refractivity contribution in [1.82, 2.24) is 0 Å². The third-order valence-corrected chi connectivity index (χ3v) is 3.35. The average Bonchev–Trinajstić information content (AvgIpc) is 1.89. The summed E-state index contributed by atoms with van der Waals surface area (Å²) in [6.45, 7) is 2.10. The standard InChI is InChI=1S/C7H9ClSi/c1-6-4-2-3-5-7(6)9-8/h2-5H,9H2,1H3. The molecule has 0 spiro atoms. The van der Waals surface area contributed by atoms with Crippen LogP contribution in [0.3, 0.4) is 0 Å². The fourth-order valence-electron chi connectivity index (χ4n) is 0.760. The van der Waals surface area contributed by atoms with Crippen molar-refractivity contribution in [2.24, 2.45) is 0 Å². The number of aryl methyl sites for hydroxylation is 1. The minimum Gasteiger partial charge on any atom is -0.170 e. The summed E-state index contributed by atoms with van der Waals surface area (Å²) in [6.07, 6.45) is 0. The molecule has 0 atom stereocenters. The predicted octanol–water partition coefficient (Wildman–Crippen LogP) is 0.943. The number of halogens is 1. The minimum absolute atomic E-state index is 0.465. The lowest BCUT2D eigenvalue weighted by Gasteiger charge is -1.96. The Bertz CT molecular complexity index is 198. The largest absolute Gasteiger partial charge is 0.170 e. The molecule has 0 radical (unpaired) electrons. The first-order valence-electron chi connectivity index (χ1n) is 2.95. The predicted molar refractivity (Wildman–Crippen MR) is 45.2 cm³/mol. The number of hydrogen-bond donors (Lipinski definition) is 0. The van der Waals surface area contributed by atoms with Crippen molar-refractivity contribution in [3.05, 3.63) is 29.8 Å². The summed E-state index contributed by atoms with van der Waals surface area (Å²) in [6, 6.07) is 8.29. The fourth-order valence-corrected chi connectivity index (χ4v) is 2.21. The van der Waals surface area contributed by atoms with Gasteiger partial charge in [0.25, 0.3) is 0 Å². The zero-order valence-electron chi connectivity index (χ0n) is 5.39. The molecule has 0 unspecified atom stereocenters. The molecular weight excluding hydrogens is 148 g/mol. The molecule has 0 fully saturated rings. The van der Waals surface area contributed by atoms with E-state index in [2.05, 4.69) is 19.1 Å². The van der Waals surface area contributed by atoms with Crippen molar-refractivity contribution in [3.8, 4) is 0 Å². The maximum absolute atomic E-state index is 5.77. The van der Waals surface area contributed by atoms with Gasteiger partial charge in [-0.3, -0.25) is 0 Å². The zero-order valence-corrected chi connectivity index (χ0v) is 7.56. The Morgan fingerprint density at radius 1 is 1.33 bits per heavy atom. The molecule has 0 bridgehead atoms. The van der Waals surface area contributed by atoms with Crippen molar-refractivity contribution >= 4 is 25.1 Å². The van der Waals surface area contributed by atoms with Gasteiger partial charge in [0.1, 0.15) is 0 Å². The maximum atomic E-state index is 5.77. The summed E-state index contributed by atoms with van der Waals surface area (Å²) in [7, 11) is -0.465. The van der Waals surface area contributed by atoms with Crippen molar-refractivity contribution in [3.63, 3.8) is 0 Å². The van der Waals surface area contributed by atoms with Crippen molar-refractivity contribution in [2.75, 3.05) is 0 Å². The average molecular weight is 157 g/mol. The molecule has 0 saturated heterocycles. The molecule has 0 aliphatic heterocycles. The van der Waals surface area contributed by atoms with Gasteiger partial charge in [-0.15, -0.1) is 0 Å². The van der Waals surface area contributed by atoms with Gasteiger partial charge in [-0.1, -0.05) is 29.8 Å². The molecule has 0 nitrogen and oxygen atoms in total. The molecule has 0 heterocycles. The topological polar surface area (TPSA) is 0 Å². The van der Waals surface area contributed by atoms with Crippen LogP contribution in [-0.2, 0) is 0 Å². The molecular formula is C7H9ClSi. The molecule has 2 heteroatoms. The van der Waals surface area contributed by atoms with E-state index < -0.39 is 8.83 Å². The molecule has 0 aliphatic rings. The highest BCUT2D eigenvalue weighted by Crippen LogP contribution is 1.91. The quantitative estimate of drug-likeness (QED) is 0.420. The van der Waals surface area contributed by atoms with Gasteiger partial charge in [0.2, 0.25) is 0 Å². The second kappa shape index (κ2) is 3.04. The van der Waals surface area contributed by atoms with Crippen LogP contribution in [0.4, 0.5) is 0 Å². The van der Waals surface area contributed by atoms with E-state index in [1.807, 2.05) is 12.1 Å². The van der Waals surface area contributed by atoms with E-state index >= 15 is 0 Å². The summed E-state index contributed by atoms with van der Waals surface area (Å²) >= 11 is 5.77. The van der Waals surface area contributed by atoms with Gasteiger partial charge in [0, 0.05) is 0 Å². The van der Waals surface area contributed by atoms with Crippen LogP contribution in [0.25, 0.3) is 0 Å². The van der Waals surface area contributed by atoms with Crippen LogP contribution in [0.2, 0.25) is 0 Å². The second-order valence-electron chi connectivity index (χ2n) is 2.06. The van der Waals surface area contributed by atoms with Gasteiger partial charge in [0.15, 0.2) is 8.83 Å². The zero-order chi connectivity index (χ0) is 6.69. The van der Waals surface area contributed by atoms with Gasteiger partial charge >= 0.3 is 0 Å². The molecule has 0 N–H and O–H groups in total. The molecule has 0 aromatic heterocycles. The lowest BCUT2D eigenvalue weighted by molar-refractivity contribution is 1.52. The Morgan fingerprint density at radius 2 is 2.00 bits per heavy atom. The highest BCUT2D eigenvalue weighted by atomic mass is 35.6. The molecule has 1 rings (SSSR count). The first-order valence-corrected chi connectivity index (χ1v) is 5.79. The van der Waals surface area contributed by atoms with Crippen molar-refractivity contribution < 1.29 is 0 Å². The Hall–Kier alpha value is -0.273. The first-order chi connectivity index (χ1) is 4.34. The van der Waals surface area contributed by atoms with Crippen LogP contribution < -0.4 is 5.19 Å². The van der Waals surface area contributed by atoms with Gasteiger partial charge in [-0.05, 0) is 12.1 Å². The number of rotatable bonds is 1. The molecule has 1 aromatic rings. The van der Waals surface area contributed by atoms with E-state index in [0.717, 1.165) is 0 Å². The Morgan fingerprint density at radius 3 is 2.44 bits per heavy atom. The van der Waals surface area contributed by atoms with Crippen molar-refractivity contribution in [2.45, 2.75) is 6.92 Å². The van der Waals surface area contributed by atoms with E-state index in [-0.39, 0.29) is 0 Å². The van der Waals surface area contributed by atoms with Crippen LogP contribution >= 0.6 is 11.1 Å². The summed E-state index contributed by atoms with van der Waals surface area (Å²) < 4.78 is 0. The summed E-state index contributed by atoms with van der Waals surface area (Å²) in [5.74, 6) is 0. The second-order valence-corrected chi connectivity index (χ2v) is 3.89. The van der Waals surface area contributed by atoms with Gasteiger partial charge in [-0.2, -0.15) is 11.1 Å². The molecule has 48 valence electrons. The van der Waals surface area contributed by atoms with E-state index in [9.17, 15) is 0 Å². The minimum atomic E-state index is -0.465. The lowest BCUT2D eigenvalue weighted by Crippen LogP contribution is -2.11. The SMILES string of the molecule is Cc1ccccc1[SiH2]Cl. The van der Waals surface area contributed by atoms with Gasteiger partial charge in [-0.25, -0.2) is 0 Å². The first kappa shape index (κ1) is 6.84. The highest BCUT2D eigenvalue weighted by Gasteiger charge is 1.91. The molecule has 1 aromatic carbocycles. The van der Waals surface area contributed by atoms with Crippen LogP contribution in [-0.4, -0.2) is 8.83 Å². The van der Waals surface area contributed by atoms with E-state index in [0.29, 0.717) is 0 Å². The summed E-state index contributed by atoms with van der Waals surface area (Å²) in [4.78, 5) is 0. The van der Waals surface area contributed by atoms with Gasteiger partial charge in [0.05, 0.1) is 0 Å². The smallest absolute Gasteiger partial charge is 0.156 e. The van der Waals surface area contributed by atoms with Crippen LogP contribution in [0.15, 0.2) is 24.3 Å². The van der Waals surface area contributed by atoms with E-state index in [1.54, 1.807) is 0 Å². The number of hydrogen-bond acceptors (Lipinski definition) is 0. The molecule has 0 aliphatic carbocycles. The summed E-state index contributed by atoms with van der Waals surface area (Å²) in [5, 5.41) is 1.36. The maximum Gasteiger partial charge on any atom is 0.156 e. The molecule has 9 heavy (non-hydrogen) atoms. The van der Waals surface area contributed by atoms with E-state index in [4.69, 9.17) is 11.1 Å². The van der Waals surface area contributed by atoms with Crippen LogP contribution in [0.5, 0.6) is 0 Å². The third kappa shape index (κ3) is 1.56. The highest BCUT2D eigenvalue weighted by molar-refractivity contribution is 7.01. The summed E-state index contributed by atoms with van der Waals surface area (Å²) in [5.41, 5.74) is 1.33. The molecule has 0 amide bonds. The fraction of sp³-hybridized carbons (Fsp3) is 0.143. The Labute approximate surface area is 62.4 Å². The normalized spacial score (nSPS) is 10.9. The van der Waals surface area contributed by atoms with Crippen LogP contribution in [0.1, 0.15) is 5.56 Å².